The van der Waals surface area contributed by atoms with Crippen molar-refractivity contribution in [2.75, 3.05) is 29.6 Å². The van der Waals surface area contributed by atoms with Crippen molar-refractivity contribution in [1.82, 2.24) is 9.55 Å². The first-order valence-electron chi connectivity index (χ1n) is 21.1. The number of halogens is 9. The van der Waals surface area contributed by atoms with Gasteiger partial charge in [-0.05, 0) is 102 Å². The van der Waals surface area contributed by atoms with Crippen LogP contribution in [0.5, 0.6) is 0 Å². The van der Waals surface area contributed by atoms with Crippen LogP contribution in [0.1, 0.15) is 78.2 Å². The van der Waals surface area contributed by atoms with Crippen LogP contribution < -0.4 is 22.1 Å². The Kier molecular flexibility index (Phi) is 24.4. The van der Waals surface area contributed by atoms with Gasteiger partial charge in [0.15, 0.2) is 46.4 Å². The number of imidazole rings is 1. The number of ether oxygens (including phenoxy) is 1. The highest BCUT2D eigenvalue weighted by atomic mass is 19.2. The third-order valence-electron chi connectivity index (χ3n) is 9.00. The summed E-state index contributed by atoms with van der Waals surface area (Å²) in [5.74, 6) is -10.9. The van der Waals surface area contributed by atoms with Crippen molar-refractivity contribution in [3.8, 4) is 0 Å². The Balaban J connectivity index is 0.000000291. The molecular weight excluding hydrogens is 956 g/mol. The van der Waals surface area contributed by atoms with Crippen molar-refractivity contribution in [2.24, 2.45) is 5.73 Å². The molecule has 8 N–H and O–H groups in total. The monoisotopic (exact) mass is 1010 g/mol. The van der Waals surface area contributed by atoms with Gasteiger partial charge in [-0.15, -0.1) is 0 Å². The molecule has 0 unspecified atom stereocenters. The Morgan fingerprint density at radius 3 is 1.56 bits per heavy atom. The van der Waals surface area contributed by atoms with E-state index >= 15 is 0 Å². The Labute approximate surface area is 393 Å². The summed E-state index contributed by atoms with van der Waals surface area (Å²) in [5, 5.41) is 40.5. The number of nitrogens with two attached hydrogens (primary N) is 2. The summed E-state index contributed by atoms with van der Waals surface area (Å²) in [7, 11) is 0. The number of anilines is 3. The van der Waals surface area contributed by atoms with E-state index in [0.717, 1.165) is 62.8 Å². The number of rotatable bonds is 8. The Bertz CT molecular complexity index is 2530. The summed E-state index contributed by atoms with van der Waals surface area (Å²) in [6.45, 7) is 5.33. The number of carbonyl (C=O) groups excluding carboxylic acids is 1. The molecule has 17 nitrogen and oxygen atoms in total. The van der Waals surface area contributed by atoms with Crippen molar-refractivity contribution < 1.29 is 73.9 Å². The predicted octanol–water partition coefficient (Wildman–Crippen LogP) is 9.61. The minimum Gasteiger partial charge on any atom is -0.483 e. The molecular formula is C44H51F9N8O9. The van der Waals surface area contributed by atoms with Gasteiger partial charge < -0.3 is 41.6 Å². The van der Waals surface area contributed by atoms with Gasteiger partial charge >= 0.3 is 11.7 Å². The fraction of sp³-hybridized carbons (Fsp3) is 0.386. The molecule has 4 aliphatic carbocycles. The zero-order chi connectivity index (χ0) is 52.8. The predicted molar refractivity (Wildman–Crippen MR) is 239 cm³/mol. The maximum Gasteiger partial charge on any atom is 0.308 e. The highest BCUT2D eigenvalue weighted by Crippen LogP contribution is 2.38. The summed E-state index contributed by atoms with van der Waals surface area (Å²) in [4.78, 5) is 40.9. The number of carbonyl (C=O) groups is 2. The quantitative estimate of drug-likeness (QED) is 0.0161. The number of hydrogen-bond donors (Lipinski definition) is 6. The largest absolute Gasteiger partial charge is 0.483 e. The van der Waals surface area contributed by atoms with E-state index in [4.69, 9.17) is 26.5 Å². The van der Waals surface area contributed by atoms with Crippen molar-refractivity contribution in [2.45, 2.75) is 96.3 Å². The second-order valence-corrected chi connectivity index (χ2v) is 14.9. The van der Waals surface area contributed by atoms with E-state index in [1.807, 2.05) is 0 Å². The minimum atomic E-state index is -1.83. The minimum absolute atomic E-state index is 0.0278. The Hall–Kier alpha value is -7.22. The van der Waals surface area contributed by atoms with Gasteiger partial charge in [0.2, 0.25) is 11.6 Å². The zero-order valence-electron chi connectivity index (χ0n) is 37.8. The molecule has 5 aromatic rings. The van der Waals surface area contributed by atoms with Crippen molar-refractivity contribution >= 4 is 51.9 Å². The van der Waals surface area contributed by atoms with Crippen LogP contribution in [0.25, 0.3) is 11.0 Å². The maximum atomic E-state index is 13.4. The van der Waals surface area contributed by atoms with Crippen molar-refractivity contribution in [3.63, 3.8) is 0 Å². The number of esters is 1. The number of nitro benzene ring substituents is 2. The van der Waals surface area contributed by atoms with Crippen LogP contribution in [0.4, 0.5) is 68.0 Å². The fourth-order valence-electron chi connectivity index (χ4n) is 5.05. The number of fused-ring (bicyclic) bond motifs is 1. The van der Waals surface area contributed by atoms with E-state index in [0.29, 0.717) is 41.9 Å². The van der Waals surface area contributed by atoms with Crippen molar-refractivity contribution in [1.29, 1.82) is 0 Å². The van der Waals surface area contributed by atoms with Crippen molar-refractivity contribution in [3.05, 3.63) is 127 Å². The first kappa shape index (κ1) is 58.9. The van der Waals surface area contributed by atoms with Crippen LogP contribution >= 0.6 is 0 Å². The number of nitrogens with zero attached hydrogens (tertiary/aromatic N) is 4. The molecule has 1 aromatic heterocycles. The lowest BCUT2D eigenvalue weighted by atomic mass is 10.2. The molecule has 9 rings (SSSR count). The number of hydrogen-bond acceptors (Lipinski definition) is 13. The molecule has 0 spiro atoms. The SMILES string of the molecule is CCO.CCOC(C)=O.Fc1ccc2ncn(C3CC3)c2c1F.NC1CC1.Nc1ccc(F)c(F)c1NC1CC1.O=CO.O=[N+]([O-])c1ccc(F)c(F)c1F.O=[N+]([O-])c1ccc(F)c(F)c1NC1CC1. The molecule has 4 fully saturated rings. The number of nitrogens with one attached hydrogen (secondary N) is 2. The molecule has 0 bridgehead atoms. The second-order valence-electron chi connectivity index (χ2n) is 14.9. The van der Waals surface area contributed by atoms with Crippen LogP contribution in [0, 0.1) is 72.6 Å². The number of nitrogen functional groups attached to an aromatic ring is 1. The molecule has 1 heterocycles. The zero-order valence-corrected chi connectivity index (χ0v) is 37.8. The van der Waals surface area contributed by atoms with Gasteiger partial charge in [0.1, 0.15) is 5.52 Å². The van der Waals surface area contributed by atoms with Gasteiger partial charge in [0.25, 0.3) is 12.2 Å². The van der Waals surface area contributed by atoms with E-state index in [1.54, 1.807) is 24.7 Å². The molecule has 0 amide bonds. The second kappa shape index (κ2) is 29.0. The van der Waals surface area contributed by atoms with E-state index in [2.05, 4.69) is 20.4 Å². The fourth-order valence-corrected chi connectivity index (χ4v) is 5.05. The number of nitro groups is 2. The third-order valence-corrected chi connectivity index (χ3v) is 9.00. The smallest absolute Gasteiger partial charge is 0.308 e. The molecule has 4 aliphatic rings. The normalized spacial score (nSPS) is 13.7. The van der Waals surface area contributed by atoms with Crippen LogP contribution in [0.15, 0.2) is 54.9 Å². The van der Waals surface area contributed by atoms with Crippen LogP contribution in [0.3, 0.4) is 0 Å². The van der Waals surface area contributed by atoms with Crippen LogP contribution in [0.2, 0.25) is 0 Å². The topological polar surface area (TPSA) is 264 Å². The molecule has 0 aliphatic heterocycles. The summed E-state index contributed by atoms with van der Waals surface area (Å²) in [6, 6.07) is 8.98. The average molecular weight is 1010 g/mol. The Morgan fingerprint density at radius 1 is 0.729 bits per heavy atom. The van der Waals surface area contributed by atoms with Gasteiger partial charge in [0.05, 0.1) is 39.7 Å². The molecule has 0 atom stereocenters. The number of carboxylic acid groups (broad SMARTS) is 1. The van der Waals surface area contributed by atoms with Gasteiger partial charge in [-0.2, -0.15) is 4.39 Å². The highest BCUT2D eigenvalue weighted by molar-refractivity contribution is 5.76. The molecule has 0 saturated heterocycles. The molecule has 4 saturated carbocycles. The first-order valence-corrected chi connectivity index (χ1v) is 21.1. The van der Waals surface area contributed by atoms with Gasteiger partial charge in [-0.1, -0.05) is 0 Å². The highest BCUT2D eigenvalue weighted by Gasteiger charge is 2.29. The molecule has 70 heavy (non-hydrogen) atoms. The van der Waals surface area contributed by atoms with E-state index in [1.165, 1.54) is 31.9 Å². The standard InChI is InChI=1S/C10H8F2N2.C9H8F2N2O2.C9H10F2N2.C6H2F3NO2.C4H8O2.C3H7N.C2H6O.CH2O2/c11-7-3-4-8-10(9(7)12)14(5-13-8)6-1-2-6;10-6-3-4-7(13(14)15)9(8(6)11)12-5-1-2-5;10-6-3-4-7(12)9(8(6)11)13-5-1-2-5;7-3-1-2-4(10(11)12)6(9)5(3)8;1-3-6-4(2)5;4-3-1-2-3;1-2-3;2-1-3/h3-6H,1-2H2;3-5,12H,1-2H2;3-5,13H,1-2,12H2;1-2H;3H2,1-2H3;3H,1-2,4H2;3H,2H2,1H3;1H,(H,2,3). The van der Waals surface area contributed by atoms with E-state index < -0.39 is 73.6 Å². The number of benzene rings is 4. The Morgan fingerprint density at radius 2 is 1.14 bits per heavy atom. The maximum absolute atomic E-state index is 13.4. The lowest BCUT2D eigenvalue weighted by Crippen LogP contribution is -2.07. The molecule has 0 radical (unpaired) electrons. The summed E-state index contributed by atoms with van der Waals surface area (Å²) >= 11 is 0. The van der Waals surface area contributed by atoms with Gasteiger partial charge in [-0.3, -0.25) is 29.8 Å². The van der Waals surface area contributed by atoms with Crippen LogP contribution in [-0.4, -0.2) is 73.4 Å². The number of aliphatic hydroxyl groups is 1. The first-order chi connectivity index (χ1) is 33.1. The molecule has 26 heteroatoms. The number of aromatic nitrogens is 2. The lowest BCUT2D eigenvalue weighted by Gasteiger charge is -2.09. The summed E-state index contributed by atoms with van der Waals surface area (Å²) < 4.78 is 122. The molecule has 384 valence electrons. The average Bonchev–Trinajstić information content (AvgIpc) is 4.06. The number of aliphatic hydroxyl groups excluding tert-OH is 1. The van der Waals surface area contributed by atoms with Gasteiger partial charge in [-0.25, -0.2) is 40.1 Å². The van der Waals surface area contributed by atoms with Crippen LogP contribution in [-0.2, 0) is 14.3 Å². The summed E-state index contributed by atoms with van der Waals surface area (Å²) in [6.07, 6.45) is 9.82. The van der Waals surface area contributed by atoms with E-state index in [-0.39, 0.29) is 48.2 Å². The lowest BCUT2D eigenvalue weighted by molar-refractivity contribution is -0.387. The summed E-state index contributed by atoms with van der Waals surface area (Å²) in [5.41, 5.74) is 10.0. The third kappa shape index (κ3) is 19.8. The molecule has 4 aromatic carbocycles. The van der Waals surface area contributed by atoms with E-state index in [9.17, 15) is 64.5 Å². The van der Waals surface area contributed by atoms with Gasteiger partial charge in [0, 0.05) is 49.8 Å².